The van der Waals surface area contributed by atoms with E-state index in [9.17, 15) is 13.2 Å². The van der Waals surface area contributed by atoms with Gasteiger partial charge >= 0.3 is 6.09 Å². The van der Waals surface area contributed by atoms with Crippen LogP contribution in [0.5, 0.6) is 0 Å². The van der Waals surface area contributed by atoms with Crippen LogP contribution in [0.15, 0.2) is 12.5 Å². The second kappa shape index (κ2) is 10.1. The number of rotatable bonds is 3. The summed E-state index contributed by atoms with van der Waals surface area (Å²) in [5.41, 5.74) is 1.37. The Balaban J connectivity index is 0.000000614. The fraction of sp³-hybridized carbons (Fsp3) is 0.632. The van der Waals surface area contributed by atoms with Crippen LogP contribution in [0.1, 0.15) is 39.7 Å². The highest BCUT2D eigenvalue weighted by atomic mass is 35.5. The number of aromatic nitrogens is 3. The van der Waals surface area contributed by atoms with Crippen LogP contribution in [-0.2, 0) is 21.4 Å². The predicted octanol–water partition coefficient (Wildman–Crippen LogP) is 2.85. The molecule has 2 aromatic rings. The molecule has 2 aromatic heterocycles. The van der Waals surface area contributed by atoms with Crippen molar-refractivity contribution < 1.29 is 22.5 Å². The summed E-state index contributed by atoms with van der Waals surface area (Å²) in [6, 6.07) is 0.121. The summed E-state index contributed by atoms with van der Waals surface area (Å²) in [6.45, 7) is 10.3. The molecule has 3 rings (SSSR count). The number of alkyl carbamates (subject to hydrolysis) is 1. The minimum Gasteiger partial charge on any atom is -0.444 e. The van der Waals surface area contributed by atoms with Gasteiger partial charge in [-0.2, -0.15) is 8.42 Å². The molecule has 1 aliphatic heterocycles. The van der Waals surface area contributed by atoms with E-state index in [0.29, 0.717) is 17.3 Å². The second-order valence-corrected chi connectivity index (χ2v) is 10.5. The highest BCUT2D eigenvalue weighted by Crippen LogP contribution is 2.26. The molecule has 10 nitrogen and oxygen atoms in total. The normalized spacial score (nSPS) is 20.1. The van der Waals surface area contributed by atoms with E-state index in [-0.39, 0.29) is 12.1 Å². The van der Waals surface area contributed by atoms with Gasteiger partial charge in [0.05, 0.1) is 11.6 Å². The van der Waals surface area contributed by atoms with Crippen molar-refractivity contribution >= 4 is 38.8 Å². The van der Waals surface area contributed by atoms with Gasteiger partial charge in [-0.15, -0.1) is 0 Å². The largest absolute Gasteiger partial charge is 0.444 e. The van der Waals surface area contributed by atoms with Gasteiger partial charge in [-0.1, -0.05) is 18.5 Å². The molecular weight excluding hydrogens is 446 g/mol. The Kier molecular flexibility index (Phi) is 8.26. The van der Waals surface area contributed by atoms with E-state index >= 15 is 0 Å². The Hall–Kier alpha value is -1.95. The summed E-state index contributed by atoms with van der Waals surface area (Å²) in [6.07, 6.45) is 4.66. The number of carbonyl (C=O) groups is 1. The zero-order valence-corrected chi connectivity index (χ0v) is 19.9. The lowest BCUT2D eigenvalue weighted by molar-refractivity contribution is 0.0440. The van der Waals surface area contributed by atoms with Crippen molar-refractivity contribution in [1.29, 1.82) is 0 Å². The van der Waals surface area contributed by atoms with Crippen molar-refractivity contribution in [3.05, 3.63) is 23.2 Å². The fourth-order valence-corrected chi connectivity index (χ4v) is 3.65. The van der Waals surface area contributed by atoms with Crippen LogP contribution in [0.2, 0.25) is 5.15 Å². The number of hydrogen-bond donors (Lipinski definition) is 3. The van der Waals surface area contributed by atoms with Crippen molar-refractivity contribution in [2.75, 3.05) is 19.3 Å². The minimum atomic E-state index is -3.67. The Labute approximate surface area is 187 Å². The standard InChI is InChI=1S/C18H26ClN5O2.CH4O3S/c1-11-8-24(6-5-13(11)23-17(25)26-18(2,3)4)9-12-7-20-16-14(12)15(19)21-10-22-16;1-5(2,3)4/h7,10-11,13H,5-6,8-9H2,1-4H3,(H,23,25)(H,20,21,22);1H3,(H,2,3,4)/t11-,13-;/m0./s1. The van der Waals surface area contributed by atoms with E-state index in [1.54, 1.807) is 0 Å². The SMILES string of the molecule is CS(=O)(=O)O.C[C@H]1CN(Cc2c[nH]c3ncnc(Cl)c23)CC[C@@H]1NC(=O)OC(C)(C)C. The third kappa shape index (κ3) is 8.60. The third-order valence-corrected chi connectivity index (χ3v) is 4.88. The first-order valence-electron chi connectivity index (χ1n) is 9.83. The molecule has 1 saturated heterocycles. The Bertz CT molecular complexity index is 997. The third-order valence-electron chi connectivity index (χ3n) is 4.59. The number of nitrogens with one attached hydrogen (secondary N) is 2. The monoisotopic (exact) mass is 475 g/mol. The summed E-state index contributed by atoms with van der Waals surface area (Å²) < 4.78 is 31.2. The lowest BCUT2D eigenvalue weighted by Crippen LogP contribution is -2.50. The molecule has 0 unspecified atom stereocenters. The van der Waals surface area contributed by atoms with Crippen LogP contribution in [0, 0.1) is 5.92 Å². The van der Waals surface area contributed by atoms with Crippen LogP contribution in [0.4, 0.5) is 4.79 Å². The predicted molar refractivity (Wildman–Crippen MR) is 119 cm³/mol. The molecule has 0 saturated carbocycles. The quantitative estimate of drug-likeness (QED) is 0.455. The molecule has 3 N–H and O–H groups in total. The smallest absolute Gasteiger partial charge is 0.407 e. The van der Waals surface area contributed by atoms with Crippen LogP contribution in [-0.4, -0.2) is 69.9 Å². The fourth-order valence-electron chi connectivity index (χ4n) is 3.40. The molecule has 0 spiro atoms. The summed E-state index contributed by atoms with van der Waals surface area (Å²) in [7, 11) is -3.67. The molecule has 31 heavy (non-hydrogen) atoms. The average Bonchev–Trinajstić information content (AvgIpc) is 2.98. The number of hydrogen-bond acceptors (Lipinski definition) is 7. The maximum atomic E-state index is 12.0. The first-order chi connectivity index (χ1) is 14.2. The van der Waals surface area contributed by atoms with E-state index in [0.717, 1.165) is 42.7 Å². The van der Waals surface area contributed by atoms with E-state index in [1.165, 1.54) is 6.33 Å². The van der Waals surface area contributed by atoms with Crippen molar-refractivity contribution in [3.63, 3.8) is 0 Å². The zero-order chi connectivity index (χ0) is 23.4. The van der Waals surface area contributed by atoms with E-state index < -0.39 is 15.7 Å². The molecule has 174 valence electrons. The number of amides is 1. The number of fused-ring (bicyclic) bond motifs is 1. The van der Waals surface area contributed by atoms with Crippen LogP contribution < -0.4 is 5.32 Å². The first kappa shape index (κ1) is 25.3. The summed E-state index contributed by atoms with van der Waals surface area (Å²) in [5, 5.41) is 4.37. The number of nitrogens with zero attached hydrogens (tertiary/aromatic N) is 3. The van der Waals surface area contributed by atoms with Gasteiger partial charge in [0, 0.05) is 31.9 Å². The molecule has 12 heteroatoms. The summed E-state index contributed by atoms with van der Waals surface area (Å²) in [4.78, 5) is 25.8. The molecule has 0 radical (unpaired) electrons. The van der Waals surface area contributed by atoms with Gasteiger partial charge in [-0.05, 0) is 38.7 Å². The molecular formula is C19H30ClN5O5S. The van der Waals surface area contributed by atoms with Gasteiger partial charge < -0.3 is 15.0 Å². The van der Waals surface area contributed by atoms with Crippen molar-refractivity contribution in [2.45, 2.75) is 52.3 Å². The Morgan fingerprint density at radius 3 is 2.65 bits per heavy atom. The number of likely N-dealkylation sites (tertiary alicyclic amines) is 1. The van der Waals surface area contributed by atoms with Crippen molar-refractivity contribution in [2.24, 2.45) is 5.92 Å². The van der Waals surface area contributed by atoms with E-state index in [1.807, 2.05) is 27.0 Å². The molecule has 0 aliphatic carbocycles. The highest BCUT2D eigenvalue weighted by Gasteiger charge is 2.29. The lowest BCUT2D eigenvalue weighted by atomic mass is 9.93. The average molecular weight is 476 g/mol. The number of piperidine rings is 1. The zero-order valence-electron chi connectivity index (χ0n) is 18.3. The molecule has 1 aliphatic rings. The topological polar surface area (TPSA) is 138 Å². The maximum Gasteiger partial charge on any atom is 0.407 e. The molecule has 0 bridgehead atoms. The lowest BCUT2D eigenvalue weighted by Gasteiger charge is -2.37. The molecule has 0 aromatic carbocycles. The molecule has 3 heterocycles. The Morgan fingerprint density at radius 1 is 1.42 bits per heavy atom. The van der Waals surface area contributed by atoms with Crippen LogP contribution >= 0.6 is 11.6 Å². The van der Waals surface area contributed by atoms with Gasteiger partial charge in [-0.25, -0.2) is 14.8 Å². The number of halogens is 1. The van der Waals surface area contributed by atoms with Gasteiger partial charge in [-0.3, -0.25) is 9.45 Å². The van der Waals surface area contributed by atoms with Gasteiger partial charge in [0.2, 0.25) is 0 Å². The van der Waals surface area contributed by atoms with Crippen molar-refractivity contribution in [1.82, 2.24) is 25.2 Å². The van der Waals surface area contributed by atoms with Gasteiger partial charge in [0.15, 0.2) is 0 Å². The molecule has 2 atom stereocenters. The summed E-state index contributed by atoms with van der Waals surface area (Å²) in [5.74, 6) is 0.327. The van der Waals surface area contributed by atoms with Gasteiger partial charge in [0.1, 0.15) is 22.7 Å². The molecule has 1 amide bonds. The second-order valence-electron chi connectivity index (χ2n) is 8.69. The van der Waals surface area contributed by atoms with Gasteiger partial charge in [0.25, 0.3) is 10.1 Å². The molecule has 1 fully saturated rings. The highest BCUT2D eigenvalue weighted by molar-refractivity contribution is 7.85. The minimum absolute atomic E-state index is 0.121. The Morgan fingerprint density at radius 2 is 2.06 bits per heavy atom. The summed E-state index contributed by atoms with van der Waals surface area (Å²) >= 11 is 6.23. The van der Waals surface area contributed by atoms with Crippen LogP contribution in [0.25, 0.3) is 11.0 Å². The van der Waals surface area contributed by atoms with E-state index in [4.69, 9.17) is 20.9 Å². The number of aromatic amines is 1. The van der Waals surface area contributed by atoms with Crippen molar-refractivity contribution in [3.8, 4) is 0 Å². The maximum absolute atomic E-state index is 12.0. The number of ether oxygens (including phenoxy) is 1. The first-order valence-corrected chi connectivity index (χ1v) is 12.1. The number of carbonyl (C=O) groups excluding carboxylic acids is 1. The van der Waals surface area contributed by atoms with E-state index in [2.05, 4.69) is 32.1 Å². The number of H-pyrrole nitrogens is 1. The van der Waals surface area contributed by atoms with Crippen LogP contribution in [0.3, 0.4) is 0 Å².